The van der Waals surface area contributed by atoms with Crippen molar-refractivity contribution in [3.63, 3.8) is 0 Å². The summed E-state index contributed by atoms with van der Waals surface area (Å²) in [5, 5.41) is 0.0672. The topological polar surface area (TPSA) is 42.9 Å². The van der Waals surface area contributed by atoms with Crippen molar-refractivity contribution in [2.24, 2.45) is 0 Å². The SMILES string of the molecule is BC(=O)c1cc(C=C)nc(Cl)n1. The molecule has 1 heterocycles. The molecule has 0 spiro atoms. The van der Waals surface area contributed by atoms with Gasteiger partial charge in [-0.3, -0.25) is 0 Å². The van der Waals surface area contributed by atoms with E-state index in [4.69, 9.17) is 11.6 Å². The van der Waals surface area contributed by atoms with Gasteiger partial charge in [0.25, 0.3) is 0 Å². The molecule has 0 aliphatic rings. The van der Waals surface area contributed by atoms with Crippen LogP contribution in [0, 0.1) is 0 Å². The molecule has 0 N–H and O–H groups in total. The van der Waals surface area contributed by atoms with Crippen LogP contribution in [-0.2, 0) is 0 Å². The van der Waals surface area contributed by atoms with Crippen LogP contribution in [0.15, 0.2) is 12.6 Å². The Bertz CT molecular complexity index is 340. The summed E-state index contributed by atoms with van der Waals surface area (Å²) in [5.41, 5.74) is 0.729. The zero-order chi connectivity index (χ0) is 9.14. The first-order valence-corrected chi connectivity index (χ1v) is 3.69. The minimum absolute atomic E-state index is 0.0672. The van der Waals surface area contributed by atoms with E-state index in [1.807, 2.05) is 0 Å². The Balaban J connectivity index is 3.23. The maximum absolute atomic E-state index is 10.9. The fraction of sp³-hybridized carbons (Fsp3) is 0. The third-order valence-electron chi connectivity index (χ3n) is 1.29. The van der Waals surface area contributed by atoms with E-state index in [9.17, 15) is 4.79 Å². The minimum Gasteiger partial charge on any atom is -0.305 e. The van der Waals surface area contributed by atoms with E-state index in [1.54, 1.807) is 6.07 Å². The third kappa shape index (κ3) is 1.92. The second-order valence-electron chi connectivity index (χ2n) is 2.21. The highest BCUT2D eigenvalue weighted by Crippen LogP contribution is 2.06. The average Bonchev–Trinajstić information content (AvgIpc) is 2.03. The van der Waals surface area contributed by atoms with Gasteiger partial charge < -0.3 is 4.79 Å². The van der Waals surface area contributed by atoms with Gasteiger partial charge in [-0.2, -0.15) is 0 Å². The minimum atomic E-state index is -0.137. The standard InChI is InChI=1S/C7H6BClN2O/c1-2-4-3-5(6(8)12)11-7(9)10-4/h2-3H,1,8H2. The maximum atomic E-state index is 10.9. The van der Waals surface area contributed by atoms with Crippen molar-refractivity contribution in [3.05, 3.63) is 29.3 Å². The highest BCUT2D eigenvalue weighted by atomic mass is 35.5. The van der Waals surface area contributed by atoms with E-state index < -0.39 is 0 Å². The van der Waals surface area contributed by atoms with Crippen molar-refractivity contribution < 1.29 is 4.79 Å². The molecule has 1 rings (SSSR count). The van der Waals surface area contributed by atoms with Gasteiger partial charge >= 0.3 is 0 Å². The molecule has 0 fully saturated rings. The molecule has 0 aliphatic carbocycles. The Morgan fingerprint density at radius 3 is 2.83 bits per heavy atom. The molecule has 5 heteroatoms. The fourth-order valence-corrected chi connectivity index (χ4v) is 0.909. The van der Waals surface area contributed by atoms with Crippen molar-refractivity contribution in [1.82, 2.24) is 9.97 Å². The fourth-order valence-electron chi connectivity index (χ4n) is 0.720. The van der Waals surface area contributed by atoms with Gasteiger partial charge in [-0.15, -0.1) is 0 Å². The molecule has 0 bridgehead atoms. The van der Waals surface area contributed by atoms with Crippen LogP contribution in [-0.4, -0.2) is 23.5 Å². The van der Waals surface area contributed by atoms with E-state index >= 15 is 0 Å². The smallest absolute Gasteiger partial charge is 0.223 e. The number of nitrogens with zero attached hydrogens (tertiary/aromatic N) is 2. The zero-order valence-electron chi connectivity index (χ0n) is 6.54. The summed E-state index contributed by atoms with van der Waals surface area (Å²) in [7, 11) is 1.42. The molecular formula is C7H6BClN2O. The summed E-state index contributed by atoms with van der Waals surface area (Å²) < 4.78 is 0. The summed E-state index contributed by atoms with van der Waals surface area (Å²) in [6.07, 6.45) is 1.51. The summed E-state index contributed by atoms with van der Waals surface area (Å²) in [6.45, 7) is 3.51. The summed E-state index contributed by atoms with van der Waals surface area (Å²) >= 11 is 5.55. The van der Waals surface area contributed by atoms with Crippen LogP contribution in [0.25, 0.3) is 6.08 Å². The van der Waals surface area contributed by atoms with E-state index in [1.165, 1.54) is 13.9 Å². The molecule has 0 aliphatic heterocycles. The average molecular weight is 180 g/mol. The Kier molecular flexibility index (Phi) is 2.60. The number of carbonyl (C=O) groups is 1. The molecule has 0 unspecified atom stereocenters. The van der Waals surface area contributed by atoms with Crippen molar-refractivity contribution in [2.45, 2.75) is 0 Å². The highest BCUT2D eigenvalue weighted by Gasteiger charge is 2.03. The number of rotatable bonds is 2. The maximum Gasteiger partial charge on any atom is 0.223 e. The molecule has 1 aromatic rings. The molecule has 12 heavy (non-hydrogen) atoms. The van der Waals surface area contributed by atoms with E-state index in [0.717, 1.165) is 0 Å². The predicted molar refractivity (Wildman–Crippen MR) is 50.0 cm³/mol. The Labute approximate surface area is 75.9 Å². The predicted octanol–water partition coefficient (Wildman–Crippen LogP) is 0.546. The summed E-state index contributed by atoms with van der Waals surface area (Å²) in [4.78, 5) is 18.4. The molecule has 60 valence electrons. The number of hydrogen-bond donors (Lipinski definition) is 0. The first kappa shape index (κ1) is 8.94. The monoisotopic (exact) mass is 180 g/mol. The van der Waals surface area contributed by atoms with Gasteiger partial charge in [-0.25, -0.2) is 9.97 Å². The number of carbonyl (C=O) groups excluding carboxylic acids is 1. The molecule has 3 nitrogen and oxygen atoms in total. The van der Waals surface area contributed by atoms with Gasteiger partial charge in [0.05, 0.1) is 5.69 Å². The van der Waals surface area contributed by atoms with Crippen LogP contribution in [0.5, 0.6) is 0 Å². The molecule has 0 amide bonds. The van der Waals surface area contributed by atoms with Crippen LogP contribution in [0.4, 0.5) is 0 Å². The van der Waals surface area contributed by atoms with Gasteiger partial charge in [0.15, 0.2) is 7.85 Å². The van der Waals surface area contributed by atoms with Crippen molar-refractivity contribution in [1.29, 1.82) is 0 Å². The first-order valence-electron chi connectivity index (χ1n) is 3.31. The van der Waals surface area contributed by atoms with E-state index in [-0.39, 0.29) is 11.0 Å². The number of halogens is 1. The van der Waals surface area contributed by atoms with Crippen LogP contribution in [0.1, 0.15) is 16.2 Å². The number of hydrogen-bond acceptors (Lipinski definition) is 3. The van der Waals surface area contributed by atoms with Crippen molar-refractivity contribution in [2.75, 3.05) is 0 Å². The van der Waals surface area contributed by atoms with Gasteiger partial charge in [0.2, 0.25) is 5.28 Å². The van der Waals surface area contributed by atoms with Gasteiger partial charge in [-0.1, -0.05) is 6.58 Å². The van der Waals surface area contributed by atoms with Gasteiger partial charge in [0, 0.05) is 0 Å². The second-order valence-corrected chi connectivity index (χ2v) is 2.55. The Hall–Kier alpha value is -1.16. The molecule has 0 saturated carbocycles. The normalized spacial score (nSPS) is 9.42. The Morgan fingerprint density at radius 2 is 2.33 bits per heavy atom. The van der Waals surface area contributed by atoms with Gasteiger partial charge in [0.1, 0.15) is 11.4 Å². The molecule has 0 saturated heterocycles. The van der Waals surface area contributed by atoms with Crippen molar-refractivity contribution >= 4 is 31.2 Å². The van der Waals surface area contributed by atoms with Crippen LogP contribution in [0.2, 0.25) is 5.28 Å². The van der Waals surface area contributed by atoms with E-state index in [2.05, 4.69) is 16.5 Å². The first-order chi connectivity index (χ1) is 5.63. The van der Waals surface area contributed by atoms with Crippen LogP contribution >= 0.6 is 11.6 Å². The molecule has 1 aromatic heterocycles. The lowest BCUT2D eigenvalue weighted by Crippen LogP contribution is -2.03. The zero-order valence-corrected chi connectivity index (χ0v) is 7.30. The molecule has 0 aromatic carbocycles. The van der Waals surface area contributed by atoms with Gasteiger partial charge in [-0.05, 0) is 23.7 Å². The van der Waals surface area contributed by atoms with Crippen molar-refractivity contribution in [3.8, 4) is 0 Å². The molecule has 0 atom stereocenters. The largest absolute Gasteiger partial charge is 0.305 e. The lowest BCUT2D eigenvalue weighted by molar-refractivity contribution is 0.107. The van der Waals surface area contributed by atoms with Crippen LogP contribution in [0.3, 0.4) is 0 Å². The quantitative estimate of drug-likeness (QED) is 0.493. The highest BCUT2D eigenvalue weighted by molar-refractivity contribution is 6.62. The summed E-state index contributed by atoms with van der Waals surface area (Å²) in [6, 6.07) is 1.54. The number of aromatic nitrogens is 2. The lowest BCUT2D eigenvalue weighted by Gasteiger charge is -1.97. The lowest BCUT2D eigenvalue weighted by atomic mass is 9.99. The van der Waals surface area contributed by atoms with E-state index in [0.29, 0.717) is 11.4 Å². The molecule has 0 radical (unpaired) electrons. The Morgan fingerprint density at radius 1 is 1.67 bits per heavy atom. The second kappa shape index (κ2) is 3.49. The summed E-state index contributed by atoms with van der Waals surface area (Å²) in [5.74, 6) is 0. The van der Waals surface area contributed by atoms with Crippen LogP contribution < -0.4 is 0 Å². The molecular weight excluding hydrogens is 174 g/mol. The third-order valence-corrected chi connectivity index (χ3v) is 1.46.